The average molecular weight is 282 g/mol. The largest absolute Gasteiger partial charge is 0.367 e. The molecule has 1 N–H and O–H groups in total. The number of benzene rings is 2. The smallest absolute Gasteiger partial charge is 0.0429 e. The molecular formula is C19H26N2. The van der Waals surface area contributed by atoms with E-state index in [2.05, 4.69) is 85.6 Å². The van der Waals surface area contributed by atoms with Gasteiger partial charge in [-0.3, -0.25) is 0 Å². The number of nitrogens with zero attached hydrogens (tertiary/aromatic N) is 1. The normalized spacial score (nSPS) is 10.9. The molecule has 0 heterocycles. The second-order valence-corrected chi connectivity index (χ2v) is 5.70. The number of anilines is 1. The summed E-state index contributed by atoms with van der Waals surface area (Å²) in [5.74, 6) is 0. The van der Waals surface area contributed by atoms with E-state index in [9.17, 15) is 0 Å². The molecule has 0 unspecified atom stereocenters. The van der Waals surface area contributed by atoms with E-state index in [0.29, 0.717) is 6.04 Å². The zero-order valence-corrected chi connectivity index (χ0v) is 13.3. The third kappa shape index (κ3) is 4.91. The molecular weight excluding hydrogens is 256 g/mol. The first-order chi connectivity index (χ1) is 10.2. The molecule has 2 heteroatoms. The van der Waals surface area contributed by atoms with Crippen LogP contribution >= 0.6 is 0 Å². The van der Waals surface area contributed by atoms with Gasteiger partial charge in [0.1, 0.15) is 0 Å². The quantitative estimate of drug-likeness (QED) is 0.818. The van der Waals surface area contributed by atoms with Gasteiger partial charge in [-0.25, -0.2) is 0 Å². The molecule has 0 atom stereocenters. The third-order valence-corrected chi connectivity index (χ3v) is 3.61. The first-order valence-corrected chi connectivity index (χ1v) is 7.80. The van der Waals surface area contributed by atoms with E-state index in [1.165, 1.54) is 16.8 Å². The molecule has 2 aromatic carbocycles. The van der Waals surface area contributed by atoms with E-state index in [-0.39, 0.29) is 0 Å². The van der Waals surface area contributed by atoms with E-state index < -0.39 is 0 Å². The first-order valence-electron chi connectivity index (χ1n) is 7.80. The Kier molecular flexibility index (Phi) is 5.82. The SMILES string of the molecule is CCN(Cc1ccccc1)c1ccc(CNC(C)C)cc1. The van der Waals surface area contributed by atoms with Crippen LogP contribution in [-0.4, -0.2) is 12.6 Å². The van der Waals surface area contributed by atoms with Crippen LogP contribution in [0.5, 0.6) is 0 Å². The molecule has 0 aliphatic carbocycles. The summed E-state index contributed by atoms with van der Waals surface area (Å²) in [5.41, 5.74) is 3.97. The van der Waals surface area contributed by atoms with Crippen LogP contribution in [-0.2, 0) is 13.1 Å². The van der Waals surface area contributed by atoms with E-state index in [0.717, 1.165) is 19.6 Å². The lowest BCUT2D eigenvalue weighted by Crippen LogP contribution is -2.23. The zero-order chi connectivity index (χ0) is 15.1. The number of nitrogens with one attached hydrogen (secondary N) is 1. The molecule has 0 aromatic heterocycles. The minimum Gasteiger partial charge on any atom is -0.367 e. The summed E-state index contributed by atoms with van der Waals surface area (Å²) in [6.07, 6.45) is 0. The Morgan fingerprint density at radius 2 is 1.57 bits per heavy atom. The summed E-state index contributed by atoms with van der Waals surface area (Å²) < 4.78 is 0. The first kappa shape index (κ1) is 15.6. The maximum atomic E-state index is 3.45. The number of hydrogen-bond acceptors (Lipinski definition) is 2. The Morgan fingerprint density at radius 3 is 2.14 bits per heavy atom. The van der Waals surface area contributed by atoms with Crippen LogP contribution in [0.4, 0.5) is 5.69 Å². The molecule has 0 spiro atoms. The van der Waals surface area contributed by atoms with Crippen molar-refractivity contribution in [2.45, 2.75) is 39.9 Å². The Morgan fingerprint density at radius 1 is 0.905 bits per heavy atom. The molecule has 0 bridgehead atoms. The minimum atomic E-state index is 0.523. The second-order valence-electron chi connectivity index (χ2n) is 5.70. The van der Waals surface area contributed by atoms with Crippen molar-refractivity contribution in [2.75, 3.05) is 11.4 Å². The van der Waals surface area contributed by atoms with Gasteiger partial charge in [0.15, 0.2) is 0 Å². The molecule has 0 fully saturated rings. The van der Waals surface area contributed by atoms with Crippen LogP contribution in [0.3, 0.4) is 0 Å². The van der Waals surface area contributed by atoms with Crippen LogP contribution in [0.25, 0.3) is 0 Å². The van der Waals surface area contributed by atoms with Crippen LogP contribution in [0.15, 0.2) is 54.6 Å². The maximum Gasteiger partial charge on any atom is 0.0429 e. The summed E-state index contributed by atoms with van der Waals surface area (Å²) in [4.78, 5) is 2.40. The van der Waals surface area contributed by atoms with E-state index >= 15 is 0 Å². The molecule has 21 heavy (non-hydrogen) atoms. The lowest BCUT2D eigenvalue weighted by Gasteiger charge is -2.23. The summed E-state index contributed by atoms with van der Waals surface area (Å²) >= 11 is 0. The topological polar surface area (TPSA) is 15.3 Å². The number of rotatable bonds is 7. The fraction of sp³-hybridized carbons (Fsp3) is 0.368. The Labute approximate surface area is 128 Å². The van der Waals surface area contributed by atoms with Gasteiger partial charge in [0, 0.05) is 31.4 Å². The molecule has 0 saturated carbocycles. The van der Waals surface area contributed by atoms with Gasteiger partial charge in [-0.1, -0.05) is 56.3 Å². The van der Waals surface area contributed by atoms with Crippen LogP contribution < -0.4 is 10.2 Å². The van der Waals surface area contributed by atoms with Crippen molar-refractivity contribution < 1.29 is 0 Å². The zero-order valence-electron chi connectivity index (χ0n) is 13.3. The predicted octanol–water partition coefficient (Wildman–Crippen LogP) is 4.21. The highest BCUT2D eigenvalue weighted by Crippen LogP contribution is 2.18. The van der Waals surface area contributed by atoms with Crippen molar-refractivity contribution in [3.05, 3.63) is 65.7 Å². The lowest BCUT2D eigenvalue weighted by molar-refractivity contribution is 0.589. The van der Waals surface area contributed by atoms with Crippen molar-refractivity contribution in [1.29, 1.82) is 0 Å². The highest BCUT2D eigenvalue weighted by molar-refractivity contribution is 5.48. The summed E-state index contributed by atoms with van der Waals surface area (Å²) in [6.45, 7) is 9.46. The molecule has 0 aliphatic rings. The van der Waals surface area contributed by atoms with E-state index in [4.69, 9.17) is 0 Å². The van der Waals surface area contributed by atoms with Crippen LogP contribution in [0.2, 0.25) is 0 Å². The van der Waals surface area contributed by atoms with Crippen molar-refractivity contribution in [3.8, 4) is 0 Å². The molecule has 2 aromatic rings. The van der Waals surface area contributed by atoms with Crippen molar-refractivity contribution in [3.63, 3.8) is 0 Å². The molecule has 0 amide bonds. The van der Waals surface area contributed by atoms with Crippen molar-refractivity contribution >= 4 is 5.69 Å². The monoisotopic (exact) mass is 282 g/mol. The lowest BCUT2D eigenvalue weighted by atomic mass is 10.1. The maximum absolute atomic E-state index is 3.45. The Balaban J connectivity index is 2.01. The average Bonchev–Trinajstić information content (AvgIpc) is 2.52. The molecule has 112 valence electrons. The molecule has 2 nitrogen and oxygen atoms in total. The van der Waals surface area contributed by atoms with Crippen LogP contribution in [0.1, 0.15) is 31.9 Å². The minimum absolute atomic E-state index is 0.523. The van der Waals surface area contributed by atoms with Gasteiger partial charge in [0.05, 0.1) is 0 Å². The van der Waals surface area contributed by atoms with Gasteiger partial charge < -0.3 is 10.2 Å². The summed E-state index contributed by atoms with van der Waals surface area (Å²) in [7, 11) is 0. The standard InChI is InChI=1S/C19H26N2/c1-4-21(15-18-8-6-5-7-9-18)19-12-10-17(11-13-19)14-20-16(2)3/h5-13,16,20H,4,14-15H2,1-3H3. The Hall–Kier alpha value is -1.80. The van der Waals surface area contributed by atoms with Crippen molar-refractivity contribution in [2.24, 2.45) is 0 Å². The Bertz CT molecular complexity index is 517. The van der Waals surface area contributed by atoms with Gasteiger partial charge in [0.2, 0.25) is 0 Å². The second kappa shape index (κ2) is 7.84. The van der Waals surface area contributed by atoms with Gasteiger partial charge in [-0.05, 0) is 30.2 Å². The molecule has 0 radical (unpaired) electrons. The molecule has 0 aliphatic heterocycles. The summed E-state index contributed by atoms with van der Waals surface area (Å²) in [6, 6.07) is 20.1. The van der Waals surface area contributed by atoms with Gasteiger partial charge in [0.25, 0.3) is 0 Å². The van der Waals surface area contributed by atoms with Gasteiger partial charge >= 0.3 is 0 Å². The highest BCUT2D eigenvalue weighted by atomic mass is 15.1. The number of hydrogen-bond donors (Lipinski definition) is 1. The van der Waals surface area contributed by atoms with E-state index in [1.54, 1.807) is 0 Å². The fourth-order valence-corrected chi connectivity index (χ4v) is 2.34. The van der Waals surface area contributed by atoms with E-state index in [1.807, 2.05) is 0 Å². The van der Waals surface area contributed by atoms with Crippen molar-refractivity contribution in [1.82, 2.24) is 5.32 Å². The highest BCUT2D eigenvalue weighted by Gasteiger charge is 2.05. The summed E-state index contributed by atoms with van der Waals surface area (Å²) in [5, 5.41) is 3.45. The third-order valence-electron chi connectivity index (χ3n) is 3.61. The molecule has 2 rings (SSSR count). The van der Waals surface area contributed by atoms with Crippen LogP contribution in [0, 0.1) is 0 Å². The predicted molar refractivity (Wildman–Crippen MR) is 91.6 cm³/mol. The van der Waals surface area contributed by atoms with Gasteiger partial charge in [-0.2, -0.15) is 0 Å². The van der Waals surface area contributed by atoms with Gasteiger partial charge in [-0.15, -0.1) is 0 Å². The molecule has 0 saturated heterocycles. The fourth-order valence-electron chi connectivity index (χ4n) is 2.34.